The summed E-state index contributed by atoms with van der Waals surface area (Å²) in [5.41, 5.74) is 1.01. The van der Waals surface area contributed by atoms with Crippen LogP contribution in [-0.4, -0.2) is 25.0 Å². The summed E-state index contributed by atoms with van der Waals surface area (Å²) in [7, 11) is 0. The van der Waals surface area contributed by atoms with Crippen molar-refractivity contribution < 1.29 is 18.7 Å². The molecule has 2 amide bonds. The van der Waals surface area contributed by atoms with Crippen LogP contribution >= 0.6 is 0 Å². The standard InChI is InChI=1S/C19H21FN2O3/c1-2-25-17-7-4-3-6-16(17)19(24)21-13-5-8-18(23)22-15-11-9-14(20)10-12-15/h3-4,6-7,9-12H,2,5,8,13H2,1H3,(H,21,24)(H,22,23). The highest BCUT2D eigenvalue weighted by atomic mass is 19.1. The van der Waals surface area contributed by atoms with Crippen molar-refractivity contribution in [3.63, 3.8) is 0 Å². The number of benzene rings is 2. The highest BCUT2D eigenvalue weighted by Gasteiger charge is 2.11. The van der Waals surface area contributed by atoms with Gasteiger partial charge in [0.1, 0.15) is 11.6 Å². The molecule has 0 radical (unpaired) electrons. The van der Waals surface area contributed by atoms with Gasteiger partial charge in [0.15, 0.2) is 0 Å². The number of anilines is 1. The van der Waals surface area contributed by atoms with E-state index in [1.807, 2.05) is 13.0 Å². The molecule has 0 unspecified atom stereocenters. The van der Waals surface area contributed by atoms with Crippen LogP contribution in [0.1, 0.15) is 30.1 Å². The number of carbonyl (C=O) groups excluding carboxylic acids is 2. The number of nitrogens with one attached hydrogen (secondary N) is 2. The number of para-hydroxylation sites is 1. The third-order valence-corrected chi connectivity index (χ3v) is 3.43. The van der Waals surface area contributed by atoms with Crippen molar-refractivity contribution in [3.8, 4) is 5.75 Å². The zero-order valence-corrected chi connectivity index (χ0v) is 14.0. The van der Waals surface area contributed by atoms with E-state index in [-0.39, 0.29) is 24.1 Å². The van der Waals surface area contributed by atoms with E-state index in [1.165, 1.54) is 24.3 Å². The molecule has 0 aliphatic carbocycles. The number of amides is 2. The minimum atomic E-state index is -0.354. The van der Waals surface area contributed by atoms with Gasteiger partial charge in [-0.05, 0) is 49.7 Å². The first-order valence-corrected chi connectivity index (χ1v) is 8.15. The van der Waals surface area contributed by atoms with Gasteiger partial charge in [0.25, 0.3) is 5.91 Å². The Morgan fingerprint density at radius 3 is 2.52 bits per heavy atom. The Balaban J connectivity index is 1.74. The maximum Gasteiger partial charge on any atom is 0.255 e. The molecule has 0 aliphatic heterocycles. The molecular formula is C19H21FN2O3. The van der Waals surface area contributed by atoms with Gasteiger partial charge in [-0.3, -0.25) is 9.59 Å². The van der Waals surface area contributed by atoms with E-state index >= 15 is 0 Å². The third kappa shape index (κ3) is 5.91. The monoisotopic (exact) mass is 344 g/mol. The molecule has 2 aromatic carbocycles. The summed E-state index contributed by atoms with van der Waals surface area (Å²) in [5, 5.41) is 5.45. The van der Waals surface area contributed by atoms with E-state index in [1.54, 1.807) is 18.2 Å². The molecule has 0 fully saturated rings. The molecule has 0 heterocycles. The van der Waals surface area contributed by atoms with E-state index in [0.717, 1.165) is 0 Å². The zero-order chi connectivity index (χ0) is 18.1. The van der Waals surface area contributed by atoms with Gasteiger partial charge in [0.05, 0.1) is 12.2 Å². The van der Waals surface area contributed by atoms with E-state index in [4.69, 9.17) is 4.74 Å². The molecule has 2 rings (SSSR count). The van der Waals surface area contributed by atoms with Crippen LogP contribution in [0.3, 0.4) is 0 Å². The van der Waals surface area contributed by atoms with E-state index in [9.17, 15) is 14.0 Å². The average Bonchev–Trinajstić information content (AvgIpc) is 2.61. The Morgan fingerprint density at radius 2 is 1.80 bits per heavy atom. The summed E-state index contributed by atoms with van der Waals surface area (Å²) >= 11 is 0. The molecule has 2 aromatic rings. The molecule has 2 N–H and O–H groups in total. The minimum Gasteiger partial charge on any atom is -0.493 e. The smallest absolute Gasteiger partial charge is 0.255 e. The van der Waals surface area contributed by atoms with Gasteiger partial charge >= 0.3 is 0 Å². The van der Waals surface area contributed by atoms with Crippen molar-refractivity contribution in [2.24, 2.45) is 0 Å². The number of hydrogen-bond acceptors (Lipinski definition) is 3. The highest BCUT2D eigenvalue weighted by molar-refractivity contribution is 5.97. The van der Waals surface area contributed by atoms with E-state index < -0.39 is 0 Å². The average molecular weight is 344 g/mol. The fraction of sp³-hybridized carbons (Fsp3) is 0.263. The van der Waals surface area contributed by atoms with Crippen molar-refractivity contribution >= 4 is 17.5 Å². The lowest BCUT2D eigenvalue weighted by atomic mass is 10.2. The van der Waals surface area contributed by atoms with Gasteiger partial charge < -0.3 is 15.4 Å². The normalized spacial score (nSPS) is 10.2. The summed E-state index contributed by atoms with van der Waals surface area (Å²) in [6.45, 7) is 2.71. The van der Waals surface area contributed by atoms with Crippen LogP contribution in [0, 0.1) is 5.82 Å². The van der Waals surface area contributed by atoms with Crippen LogP contribution in [0.2, 0.25) is 0 Å². The van der Waals surface area contributed by atoms with Crippen LogP contribution in [0.4, 0.5) is 10.1 Å². The molecule has 0 saturated heterocycles. The molecule has 5 nitrogen and oxygen atoms in total. The van der Waals surface area contributed by atoms with Crippen LogP contribution < -0.4 is 15.4 Å². The first-order valence-electron chi connectivity index (χ1n) is 8.15. The second kappa shape index (κ2) is 9.42. The Bertz CT molecular complexity index is 717. The summed E-state index contributed by atoms with van der Waals surface area (Å²) in [4.78, 5) is 24.0. The molecule has 0 aromatic heterocycles. The molecule has 25 heavy (non-hydrogen) atoms. The molecule has 0 spiro atoms. The van der Waals surface area contributed by atoms with Crippen LogP contribution in [0.25, 0.3) is 0 Å². The van der Waals surface area contributed by atoms with Crippen molar-refractivity contribution in [1.82, 2.24) is 5.32 Å². The number of rotatable bonds is 8. The maximum atomic E-state index is 12.8. The van der Waals surface area contributed by atoms with E-state index in [2.05, 4.69) is 10.6 Å². The number of ether oxygens (including phenoxy) is 1. The highest BCUT2D eigenvalue weighted by Crippen LogP contribution is 2.17. The van der Waals surface area contributed by atoms with Crippen LogP contribution in [-0.2, 0) is 4.79 Å². The van der Waals surface area contributed by atoms with Gasteiger partial charge in [-0.2, -0.15) is 0 Å². The van der Waals surface area contributed by atoms with Crippen LogP contribution in [0.5, 0.6) is 5.75 Å². The maximum absolute atomic E-state index is 12.8. The van der Waals surface area contributed by atoms with Crippen molar-refractivity contribution in [1.29, 1.82) is 0 Å². The molecular weight excluding hydrogens is 323 g/mol. The topological polar surface area (TPSA) is 67.4 Å². The molecule has 0 saturated carbocycles. The van der Waals surface area contributed by atoms with Gasteiger partial charge in [-0.1, -0.05) is 12.1 Å². The Labute approximate surface area is 146 Å². The number of carbonyl (C=O) groups is 2. The van der Waals surface area contributed by atoms with Gasteiger partial charge in [0.2, 0.25) is 5.91 Å². The predicted octanol–water partition coefficient (Wildman–Crippen LogP) is 3.37. The Hall–Kier alpha value is -2.89. The molecule has 132 valence electrons. The summed E-state index contributed by atoms with van der Waals surface area (Å²) in [6, 6.07) is 12.6. The van der Waals surface area contributed by atoms with Gasteiger partial charge in [0, 0.05) is 18.7 Å². The zero-order valence-electron chi connectivity index (χ0n) is 14.0. The van der Waals surface area contributed by atoms with Gasteiger partial charge in [-0.15, -0.1) is 0 Å². The first-order chi connectivity index (χ1) is 12.1. The summed E-state index contributed by atoms with van der Waals surface area (Å²) in [5.74, 6) is -0.233. The van der Waals surface area contributed by atoms with Gasteiger partial charge in [-0.25, -0.2) is 4.39 Å². The molecule has 6 heteroatoms. The molecule has 0 atom stereocenters. The quantitative estimate of drug-likeness (QED) is 0.722. The largest absolute Gasteiger partial charge is 0.493 e. The lowest BCUT2D eigenvalue weighted by Crippen LogP contribution is -2.26. The fourth-order valence-electron chi connectivity index (χ4n) is 2.24. The number of hydrogen-bond donors (Lipinski definition) is 2. The summed E-state index contributed by atoms with van der Waals surface area (Å²) in [6.07, 6.45) is 0.750. The first kappa shape index (κ1) is 18.4. The SMILES string of the molecule is CCOc1ccccc1C(=O)NCCCC(=O)Nc1ccc(F)cc1. The second-order valence-electron chi connectivity index (χ2n) is 5.34. The minimum absolute atomic E-state index is 0.185. The van der Waals surface area contributed by atoms with E-state index in [0.29, 0.717) is 36.6 Å². The summed E-state index contributed by atoms with van der Waals surface area (Å²) < 4.78 is 18.2. The van der Waals surface area contributed by atoms with Crippen molar-refractivity contribution in [2.75, 3.05) is 18.5 Å². The third-order valence-electron chi connectivity index (χ3n) is 3.43. The number of halogens is 1. The lowest BCUT2D eigenvalue weighted by Gasteiger charge is -2.10. The lowest BCUT2D eigenvalue weighted by molar-refractivity contribution is -0.116. The molecule has 0 bridgehead atoms. The fourth-order valence-corrected chi connectivity index (χ4v) is 2.24. The Morgan fingerprint density at radius 1 is 1.08 bits per heavy atom. The molecule has 0 aliphatic rings. The second-order valence-corrected chi connectivity index (χ2v) is 5.34. The van der Waals surface area contributed by atoms with Crippen LogP contribution in [0.15, 0.2) is 48.5 Å². The predicted molar refractivity (Wildman–Crippen MR) is 94.2 cm³/mol. The van der Waals surface area contributed by atoms with Crippen molar-refractivity contribution in [3.05, 3.63) is 59.9 Å². The van der Waals surface area contributed by atoms with Crippen molar-refractivity contribution in [2.45, 2.75) is 19.8 Å². The Kier molecular flexibility index (Phi) is 6.95.